The van der Waals surface area contributed by atoms with E-state index in [0.717, 1.165) is 11.0 Å². The van der Waals surface area contributed by atoms with Crippen molar-refractivity contribution in [3.63, 3.8) is 0 Å². The van der Waals surface area contributed by atoms with Crippen molar-refractivity contribution < 1.29 is 14.4 Å². The first-order valence-corrected chi connectivity index (χ1v) is 7.29. The van der Waals surface area contributed by atoms with Crippen LogP contribution in [-0.4, -0.2) is 23.0 Å². The number of carbonyl (C=O) groups is 1. The number of halogens is 2. The van der Waals surface area contributed by atoms with Crippen LogP contribution in [0.25, 0.3) is 11.0 Å². The third kappa shape index (κ3) is 3.18. The number of imidazole rings is 1. The minimum absolute atomic E-state index is 0.105. The monoisotopic (exact) mass is 351 g/mol. The third-order valence-corrected chi connectivity index (χ3v) is 3.56. The minimum Gasteiger partial charge on any atom is -0.494 e. The first-order valence-electron chi connectivity index (χ1n) is 6.53. The van der Waals surface area contributed by atoms with Crippen molar-refractivity contribution in [2.24, 2.45) is 0 Å². The molecule has 0 amide bonds. The van der Waals surface area contributed by atoms with Gasteiger partial charge in [0.15, 0.2) is 5.75 Å². The van der Waals surface area contributed by atoms with Crippen LogP contribution in [0.15, 0.2) is 36.4 Å². The summed E-state index contributed by atoms with van der Waals surface area (Å²) in [5.74, 6) is -0.217. The molecule has 0 aliphatic carbocycles. The van der Waals surface area contributed by atoms with Gasteiger partial charge in [0.05, 0.1) is 23.2 Å². The fourth-order valence-corrected chi connectivity index (χ4v) is 2.64. The molecule has 3 aromatic rings. The molecule has 118 valence electrons. The Morgan fingerprint density at radius 2 is 2.04 bits per heavy atom. The van der Waals surface area contributed by atoms with Crippen molar-refractivity contribution in [1.29, 1.82) is 0 Å². The summed E-state index contributed by atoms with van der Waals surface area (Å²) in [6, 6.07) is 10.3. The van der Waals surface area contributed by atoms with Gasteiger partial charge in [-0.2, -0.15) is 5.48 Å². The van der Waals surface area contributed by atoms with E-state index in [0.29, 0.717) is 11.0 Å². The first-order chi connectivity index (χ1) is 11.1. The number of ether oxygens (including phenoxy) is 1. The van der Waals surface area contributed by atoms with E-state index in [9.17, 15) is 4.79 Å². The van der Waals surface area contributed by atoms with Gasteiger partial charge in [-0.1, -0.05) is 35.3 Å². The maximum absolute atomic E-state index is 12.2. The number of nitrogens with one attached hydrogen (secondary N) is 2. The fraction of sp³-hybridized carbons (Fsp3) is 0.0667. The molecule has 0 aliphatic rings. The highest BCUT2D eigenvalue weighted by molar-refractivity contribution is 6.36. The lowest BCUT2D eigenvalue weighted by atomic mass is 10.2. The molecule has 0 atom stereocenters. The second-order valence-corrected chi connectivity index (χ2v) is 5.41. The van der Waals surface area contributed by atoms with E-state index in [-0.39, 0.29) is 16.3 Å². The Bertz CT molecular complexity index is 847. The van der Waals surface area contributed by atoms with Gasteiger partial charge < -0.3 is 14.6 Å². The molecule has 0 saturated carbocycles. The van der Waals surface area contributed by atoms with E-state index in [1.54, 1.807) is 0 Å². The molecule has 0 spiro atoms. The summed E-state index contributed by atoms with van der Waals surface area (Å²) in [6.45, 7) is 0. The SMILES string of the molecule is COc1c(Cl)cc(Cl)cc1C(=O)ONc1nc2ccccc2[nH]1. The van der Waals surface area contributed by atoms with Crippen LogP contribution >= 0.6 is 23.2 Å². The van der Waals surface area contributed by atoms with Crippen molar-refractivity contribution in [2.75, 3.05) is 12.6 Å². The molecule has 2 aromatic carbocycles. The quantitative estimate of drug-likeness (QED) is 0.693. The highest BCUT2D eigenvalue weighted by Gasteiger charge is 2.19. The number of methoxy groups -OCH3 is 1. The topological polar surface area (TPSA) is 76.2 Å². The summed E-state index contributed by atoms with van der Waals surface area (Å²) < 4.78 is 5.11. The van der Waals surface area contributed by atoms with Crippen LogP contribution in [0, 0.1) is 0 Å². The first kappa shape index (κ1) is 15.5. The van der Waals surface area contributed by atoms with E-state index >= 15 is 0 Å². The van der Waals surface area contributed by atoms with Crippen molar-refractivity contribution >= 4 is 46.2 Å². The van der Waals surface area contributed by atoms with Gasteiger partial charge in [0.25, 0.3) is 0 Å². The second kappa shape index (κ2) is 6.36. The summed E-state index contributed by atoms with van der Waals surface area (Å²) in [6.07, 6.45) is 0. The van der Waals surface area contributed by atoms with Crippen molar-refractivity contribution in [3.8, 4) is 5.75 Å². The lowest BCUT2D eigenvalue weighted by Crippen LogP contribution is -2.13. The van der Waals surface area contributed by atoms with Crippen molar-refractivity contribution in [1.82, 2.24) is 9.97 Å². The number of fused-ring (bicyclic) bond motifs is 1. The Morgan fingerprint density at radius 1 is 1.26 bits per heavy atom. The Balaban J connectivity index is 1.79. The van der Waals surface area contributed by atoms with Gasteiger partial charge in [-0.05, 0) is 24.3 Å². The summed E-state index contributed by atoms with van der Waals surface area (Å²) in [5.41, 5.74) is 4.13. The molecule has 23 heavy (non-hydrogen) atoms. The van der Waals surface area contributed by atoms with E-state index in [4.69, 9.17) is 32.8 Å². The minimum atomic E-state index is -0.702. The standard InChI is InChI=1S/C15H11Cl2N3O3/c1-22-13-9(6-8(16)7-10(13)17)14(21)23-20-15-18-11-4-2-3-5-12(11)19-15/h2-7H,1H3,(H2,18,19,20). The maximum Gasteiger partial charge on any atom is 0.366 e. The molecular formula is C15H11Cl2N3O3. The van der Waals surface area contributed by atoms with E-state index in [2.05, 4.69) is 15.4 Å². The van der Waals surface area contributed by atoms with Crippen LogP contribution in [0.4, 0.5) is 5.95 Å². The molecular weight excluding hydrogens is 341 g/mol. The lowest BCUT2D eigenvalue weighted by Gasteiger charge is -2.10. The highest BCUT2D eigenvalue weighted by Crippen LogP contribution is 2.32. The number of hydrogen-bond acceptors (Lipinski definition) is 5. The average molecular weight is 352 g/mol. The van der Waals surface area contributed by atoms with Gasteiger partial charge in [0.2, 0.25) is 5.95 Å². The second-order valence-electron chi connectivity index (χ2n) is 4.56. The number of aromatic amines is 1. The molecule has 3 rings (SSSR count). The Labute approximate surface area is 141 Å². The molecule has 1 aromatic heterocycles. The van der Waals surface area contributed by atoms with Crippen molar-refractivity contribution in [2.45, 2.75) is 0 Å². The van der Waals surface area contributed by atoms with Crippen LogP contribution in [0.3, 0.4) is 0 Å². The zero-order valence-corrected chi connectivity index (χ0v) is 13.4. The van der Waals surface area contributed by atoms with Crippen LogP contribution < -0.4 is 10.2 Å². The van der Waals surface area contributed by atoms with Gasteiger partial charge in [0.1, 0.15) is 5.56 Å². The van der Waals surface area contributed by atoms with Crippen LogP contribution in [0.5, 0.6) is 5.75 Å². The molecule has 0 fully saturated rings. The van der Waals surface area contributed by atoms with E-state index in [1.807, 2.05) is 24.3 Å². The van der Waals surface area contributed by atoms with Gasteiger partial charge in [-0.15, -0.1) is 0 Å². The normalized spacial score (nSPS) is 10.6. The average Bonchev–Trinajstić information content (AvgIpc) is 2.94. The Kier molecular flexibility index (Phi) is 4.27. The zero-order valence-electron chi connectivity index (χ0n) is 11.9. The number of benzene rings is 2. The zero-order chi connectivity index (χ0) is 16.4. The van der Waals surface area contributed by atoms with Crippen LogP contribution in [-0.2, 0) is 4.84 Å². The summed E-state index contributed by atoms with van der Waals surface area (Å²) >= 11 is 11.9. The molecule has 0 saturated heterocycles. The summed E-state index contributed by atoms with van der Waals surface area (Å²) in [7, 11) is 1.40. The number of H-pyrrole nitrogens is 1. The largest absolute Gasteiger partial charge is 0.494 e. The fourth-order valence-electron chi connectivity index (χ4n) is 2.07. The number of aromatic nitrogens is 2. The lowest BCUT2D eigenvalue weighted by molar-refractivity contribution is 0.0590. The number of para-hydroxylation sites is 2. The number of nitrogens with zero attached hydrogens (tertiary/aromatic N) is 1. The number of rotatable bonds is 4. The molecule has 0 unspecified atom stereocenters. The summed E-state index contributed by atoms with van der Waals surface area (Å²) in [5, 5.41) is 0.516. The van der Waals surface area contributed by atoms with Crippen LogP contribution in [0.1, 0.15) is 10.4 Å². The predicted octanol–water partition coefficient (Wildman–Crippen LogP) is 4.06. The van der Waals surface area contributed by atoms with Crippen LogP contribution in [0.2, 0.25) is 10.0 Å². The van der Waals surface area contributed by atoms with E-state index < -0.39 is 5.97 Å². The molecule has 1 heterocycles. The number of hydrogen-bond donors (Lipinski definition) is 2. The molecule has 0 bridgehead atoms. The smallest absolute Gasteiger partial charge is 0.366 e. The highest BCUT2D eigenvalue weighted by atomic mass is 35.5. The maximum atomic E-state index is 12.2. The molecule has 6 nitrogen and oxygen atoms in total. The third-order valence-electron chi connectivity index (χ3n) is 3.06. The molecule has 0 aliphatic heterocycles. The van der Waals surface area contributed by atoms with Gasteiger partial charge in [0, 0.05) is 5.02 Å². The van der Waals surface area contributed by atoms with E-state index in [1.165, 1.54) is 19.2 Å². The van der Waals surface area contributed by atoms with Gasteiger partial charge in [-0.25, -0.2) is 9.78 Å². The van der Waals surface area contributed by atoms with Gasteiger partial charge >= 0.3 is 5.97 Å². The van der Waals surface area contributed by atoms with Gasteiger partial charge in [-0.3, -0.25) is 0 Å². The Hall–Kier alpha value is -2.44. The number of carbonyl (C=O) groups excluding carboxylic acids is 1. The van der Waals surface area contributed by atoms with Crippen molar-refractivity contribution in [3.05, 3.63) is 52.0 Å². The molecule has 2 N–H and O–H groups in total. The Morgan fingerprint density at radius 3 is 2.78 bits per heavy atom. The number of anilines is 1. The summed E-state index contributed by atoms with van der Waals surface area (Å²) in [4.78, 5) is 24.4. The molecule has 8 heteroatoms. The predicted molar refractivity (Wildman–Crippen MR) is 88.1 cm³/mol. The molecule has 0 radical (unpaired) electrons.